The Morgan fingerprint density at radius 1 is 1.12 bits per heavy atom. The van der Waals surface area contributed by atoms with E-state index >= 15 is 0 Å². The van der Waals surface area contributed by atoms with Gasteiger partial charge in [0.2, 0.25) is 0 Å². The van der Waals surface area contributed by atoms with Crippen molar-refractivity contribution < 1.29 is 39.1 Å². The molecule has 10 atom stereocenters. The topological polar surface area (TPSA) is 132 Å². The van der Waals surface area contributed by atoms with Crippen LogP contribution in [-0.2, 0) is 19.0 Å². The van der Waals surface area contributed by atoms with E-state index in [2.05, 4.69) is 25.7 Å². The number of hydrogen-bond donors (Lipinski definition) is 3. The lowest BCUT2D eigenvalue weighted by atomic mass is 9.91. The number of allylic oxidation sites excluding steroid dienone is 2. The fourth-order valence-corrected chi connectivity index (χ4v) is 6.75. The molecule has 274 valence electrons. The van der Waals surface area contributed by atoms with E-state index in [-0.39, 0.29) is 47.9 Å². The first-order valence-electron chi connectivity index (χ1n) is 18.0. The summed E-state index contributed by atoms with van der Waals surface area (Å²) in [4.78, 5) is 30.3. The van der Waals surface area contributed by atoms with Crippen LogP contribution in [0.4, 0.5) is 4.79 Å². The predicted octanol–water partition coefficient (Wildman–Crippen LogP) is 5.26. The van der Waals surface area contributed by atoms with Crippen LogP contribution < -0.4 is 0 Å². The number of aliphatic hydroxyl groups is 3. The number of hydrogen-bond acceptors (Lipinski definition) is 9. The number of epoxide rings is 1. The lowest BCUT2D eigenvalue weighted by Crippen LogP contribution is -2.51. The summed E-state index contributed by atoms with van der Waals surface area (Å²) in [5.74, 6) is -0.782. The Bertz CT molecular complexity index is 1140. The lowest BCUT2D eigenvalue weighted by molar-refractivity contribution is -0.151. The van der Waals surface area contributed by atoms with Crippen LogP contribution in [0, 0.1) is 23.2 Å². The number of amides is 1. The standard InChI is InChI=1S/C38H64N2O8/c1-10-30(42)28(5)35-32(46-35)23-38(9,45)17-11-12-26(3)34-27(4)14-16-31(25(2)13-15-29(41)22-33(43)48-34)47-36(44)40-20-18-39(19-21-40)24-37(6,7)8/h11-12,14,16-17,25,27-32,34-35,41-42,45H,10,13,15,18-24H2,1-9H3/b16-14+,17-11+,26-12+. The zero-order valence-corrected chi connectivity index (χ0v) is 30.9. The maximum atomic E-state index is 13.3. The molecule has 10 nitrogen and oxygen atoms in total. The molecule has 10 heteroatoms. The first-order valence-corrected chi connectivity index (χ1v) is 18.0. The van der Waals surface area contributed by atoms with Gasteiger partial charge in [0.25, 0.3) is 0 Å². The molecule has 0 aromatic carbocycles. The van der Waals surface area contributed by atoms with Crippen molar-refractivity contribution in [1.82, 2.24) is 9.80 Å². The maximum absolute atomic E-state index is 13.3. The van der Waals surface area contributed by atoms with E-state index in [9.17, 15) is 24.9 Å². The summed E-state index contributed by atoms with van der Waals surface area (Å²) in [6, 6.07) is 0. The number of carbonyl (C=O) groups excluding carboxylic acids is 2. The summed E-state index contributed by atoms with van der Waals surface area (Å²) in [5, 5.41) is 31.8. The van der Waals surface area contributed by atoms with E-state index in [0.717, 1.165) is 25.2 Å². The van der Waals surface area contributed by atoms with Gasteiger partial charge in [-0.05, 0) is 56.1 Å². The van der Waals surface area contributed by atoms with Crippen molar-refractivity contribution in [2.75, 3.05) is 32.7 Å². The molecular weight excluding hydrogens is 612 g/mol. The van der Waals surface area contributed by atoms with Gasteiger partial charge in [0.15, 0.2) is 0 Å². The highest BCUT2D eigenvalue weighted by atomic mass is 16.6. The first kappa shape index (κ1) is 40.2. The molecule has 1 amide bonds. The predicted molar refractivity (Wildman–Crippen MR) is 187 cm³/mol. The second-order valence-electron chi connectivity index (χ2n) is 16.0. The van der Waals surface area contributed by atoms with Crippen molar-refractivity contribution in [3.8, 4) is 0 Å². The van der Waals surface area contributed by atoms with Gasteiger partial charge in [-0.25, -0.2) is 4.79 Å². The summed E-state index contributed by atoms with van der Waals surface area (Å²) in [6.45, 7) is 22.0. The number of rotatable bonds is 10. The van der Waals surface area contributed by atoms with E-state index in [1.165, 1.54) is 0 Å². The van der Waals surface area contributed by atoms with Gasteiger partial charge in [-0.15, -0.1) is 0 Å². The van der Waals surface area contributed by atoms with Gasteiger partial charge >= 0.3 is 12.1 Å². The molecule has 0 radical (unpaired) electrons. The summed E-state index contributed by atoms with van der Waals surface area (Å²) in [5.41, 5.74) is -0.159. The molecule has 10 unspecified atom stereocenters. The highest BCUT2D eigenvalue weighted by Crippen LogP contribution is 2.37. The van der Waals surface area contributed by atoms with E-state index in [1.807, 2.05) is 52.8 Å². The van der Waals surface area contributed by atoms with Gasteiger partial charge in [-0.3, -0.25) is 9.69 Å². The highest BCUT2D eigenvalue weighted by Gasteiger charge is 2.47. The summed E-state index contributed by atoms with van der Waals surface area (Å²) in [7, 11) is 0. The van der Waals surface area contributed by atoms with E-state index in [4.69, 9.17) is 14.2 Å². The Kier molecular flexibility index (Phi) is 14.7. The van der Waals surface area contributed by atoms with Gasteiger partial charge < -0.3 is 34.4 Å². The van der Waals surface area contributed by atoms with Crippen LogP contribution in [0.1, 0.15) is 94.4 Å². The van der Waals surface area contributed by atoms with Gasteiger partial charge in [0, 0.05) is 51.0 Å². The van der Waals surface area contributed by atoms with E-state index in [0.29, 0.717) is 38.8 Å². The van der Waals surface area contributed by atoms with Crippen molar-refractivity contribution in [2.24, 2.45) is 23.2 Å². The molecule has 2 saturated heterocycles. The maximum Gasteiger partial charge on any atom is 0.410 e. The van der Waals surface area contributed by atoms with Crippen molar-refractivity contribution in [3.63, 3.8) is 0 Å². The quantitative estimate of drug-likeness (QED) is 0.123. The summed E-state index contributed by atoms with van der Waals surface area (Å²) < 4.78 is 17.7. The van der Waals surface area contributed by atoms with Crippen LogP contribution in [-0.4, -0.2) is 112 Å². The molecule has 3 aliphatic heterocycles. The van der Waals surface area contributed by atoms with Crippen LogP contribution >= 0.6 is 0 Å². The Balaban J connectivity index is 1.68. The average Bonchev–Trinajstić information content (AvgIpc) is 3.76. The second-order valence-corrected chi connectivity index (χ2v) is 16.0. The zero-order chi connectivity index (χ0) is 35.8. The molecule has 2 fully saturated rings. The fraction of sp³-hybridized carbons (Fsp3) is 0.789. The van der Waals surface area contributed by atoms with Gasteiger partial charge in [-0.2, -0.15) is 0 Å². The average molecular weight is 677 g/mol. The minimum absolute atomic E-state index is 0.00554. The Morgan fingerprint density at radius 3 is 2.42 bits per heavy atom. The van der Waals surface area contributed by atoms with E-state index in [1.54, 1.807) is 24.0 Å². The SMILES string of the molecule is CCC(O)C(C)C1OC1CC(C)(O)/C=C/C=C(\C)C1OC(=O)CC(O)CCC(C)C(OC(=O)N2CCN(CC(C)(C)C)CC2)/C=C/C1C. The molecule has 0 aromatic heterocycles. The molecule has 3 N–H and O–H groups in total. The molecular formula is C38H64N2O8. The second kappa shape index (κ2) is 17.6. The molecule has 0 aromatic rings. The minimum Gasteiger partial charge on any atom is -0.457 e. The first-order chi connectivity index (χ1) is 22.4. The van der Waals surface area contributed by atoms with Crippen molar-refractivity contribution >= 4 is 12.1 Å². The molecule has 0 saturated carbocycles. The normalized spacial score (nSPS) is 33.2. The molecule has 3 rings (SSSR count). The summed E-state index contributed by atoms with van der Waals surface area (Å²) >= 11 is 0. The molecule has 3 heterocycles. The van der Waals surface area contributed by atoms with Gasteiger partial charge in [0.1, 0.15) is 12.2 Å². The van der Waals surface area contributed by atoms with Gasteiger partial charge in [-0.1, -0.05) is 72.8 Å². The van der Waals surface area contributed by atoms with Crippen molar-refractivity contribution in [3.05, 3.63) is 36.0 Å². The number of esters is 1. The number of aliphatic hydroxyl groups excluding tert-OH is 2. The Morgan fingerprint density at radius 2 is 1.79 bits per heavy atom. The lowest BCUT2D eigenvalue weighted by Gasteiger charge is -2.38. The number of ether oxygens (including phenoxy) is 3. The Hall–Kier alpha value is -2.24. The molecule has 0 aliphatic carbocycles. The molecule has 48 heavy (non-hydrogen) atoms. The van der Waals surface area contributed by atoms with Crippen molar-refractivity contribution in [2.45, 2.75) is 137 Å². The van der Waals surface area contributed by atoms with Crippen LogP contribution in [0.3, 0.4) is 0 Å². The summed E-state index contributed by atoms with van der Waals surface area (Å²) in [6.07, 6.45) is 8.14. The third kappa shape index (κ3) is 12.9. The largest absolute Gasteiger partial charge is 0.457 e. The number of nitrogens with zero attached hydrogens (tertiary/aromatic N) is 2. The van der Waals surface area contributed by atoms with Crippen LogP contribution in [0.2, 0.25) is 0 Å². The fourth-order valence-electron chi connectivity index (χ4n) is 6.75. The van der Waals surface area contributed by atoms with E-state index < -0.39 is 36.0 Å². The molecule has 0 spiro atoms. The third-order valence-corrected chi connectivity index (χ3v) is 9.87. The molecule has 3 aliphatic rings. The Labute approximate surface area is 289 Å². The van der Waals surface area contributed by atoms with Crippen LogP contribution in [0.25, 0.3) is 0 Å². The van der Waals surface area contributed by atoms with Gasteiger partial charge in [0.05, 0.1) is 36.4 Å². The highest BCUT2D eigenvalue weighted by molar-refractivity contribution is 5.70. The number of piperazine rings is 1. The number of cyclic esters (lactones) is 1. The monoisotopic (exact) mass is 676 g/mol. The smallest absolute Gasteiger partial charge is 0.410 e. The van der Waals surface area contributed by atoms with Crippen LogP contribution in [0.5, 0.6) is 0 Å². The zero-order valence-electron chi connectivity index (χ0n) is 30.9. The number of carbonyl (C=O) groups is 2. The minimum atomic E-state index is -1.13. The third-order valence-electron chi connectivity index (χ3n) is 9.87. The van der Waals surface area contributed by atoms with Crippen molar-refractivity contribution in [1.29, 1.82) is 0 Å². The molecule has 0 bridgehead atoms. The van der Waals surface area contributed by atoms with Crippen LogP contribution in [0.15, 0.2) is 36.0 Å².